The van der Waals surface area contributed by atoms with Gasteiger partial charge < -0.3 is 13.8 Å². The third-order valence-electron chi connectivity index (χ3n) is 3.95. The van der Waals surface area contributed by atoms with Crippen LogP contribution < -0.4 is 0 Å². The number of hydrogen-bond acceptors (Lipinski definition) is 6. The van der Waals surface area contributed by atoms with Crippen molar-refractivity contribution in [2.75, 3.05) is 20.1 Å². The third kappa shape index (κ3) is 3.58. The molecule has 0 radical (unpaired) electrons. The van der Waals surface area contributed by atoms with Crippen LogP contribution in [0.5, 0.6) is 0 Å². The number of carbonyl (C=O) groups excluding carboxylic acids is 1. The first-order valence-corrected chi connectivity index (χ1v) is 7.49. The van der Waals surface area contributed by atoms with Crippen LogP contribution in [-0.2, 0) is 6.54 Å². The second-order valence-corrected chi connectivity index (χ2v) is 5.81. The molecule has 8 heteroatoms. The lowest BCUT2D eigenvalue weighted by Gasteiger charge is -2.27. The molecule has 1 saturated heterocycles. The van der Waals surface area contributed by atoms with E-state index in [4.69, 9.17) is 8.94 Å². The largest absolute Gasteiger partial charge is 0.459 e. The summed E-state index contributed by atoms with van der Waals surface area (Å²) in [6, 6.07) is 3.19. The van der Waals surface area contributed by atoms with Crippen LogP contribution in [0.15, 0.2) is 27.3 Å². The van der Waals surface area contributed by atoms with E-state index < -0.39 is 6.17 Å². The molecule has 3 rings (SSSR count). The van der Waals surface area contributed by atoms with E-state index in [-0.39, 0.29) is 17.7 Å². The molecule has 124 valence electrons. The quantitative estimate of drug-likeness (QED) is 0.833. The summed E-state index contributed by atoms with van der Waals surface area (Å²) in [6.45, 7) is 2.84. The van der Waals surface area contributed by atoms with Gasteiger partial charge in [-0.25, -0.2) is 4.39 Å². The van der Waals surface area contributed by atoms with Gasteiger partial charge in [0.15, 0.2) is 11.6 Å². The van der Waals surface area contributed by atoms with Crippen LogP contribution in [0, 0.1) is 6.92 Å². The molecule has 1 amide bonds. The molecule has 7 nitrogen and oxygen atoms in total. The van der Waals surface area contributed by atoms with Crippen molar-refractivity contribution < 1.29 is 18.1 Å². The maximum Gasteiger partial charge on any atom is 0.289 e. The van der Waals surface area contributed by atoms with Gasteiger partial charge in [-0.1, -0.05) is 5.16 Å². The summed E-state index contributed by atoms with van der Waals surface area (Å²) >= 11 is 0. The van der Waals surface area contributed by atoms with Crippen LogP contribution in [0.4, 0.5) is 4.39 Å². The van der Waals surface area contributed by atoms with Gasteiger partial charge >= 0.3 is 0 Å². The number of likely N-dealkylation sites (tertiary alicyclic amines) is 1. The SMILES string of the molecule is Cc1nc(CN2C[C@@H](F)C[C@H]2CN(C)C(=O)c2ccco2)no1. The molecule has 3 heterocycles. The van der Waals surface area contributed by atoms with E-state index in [0.29, 0.717) is 37.8 Å². The number of aryl methyl sites for hydroxylation is 1. The Morgan fingerprint density at radius 1 is 1.57 bits per heavy atom. The summed E-state index contributed by atoms with van der Waals surface area (Å²) in [6.07, 6.45) is 0.922. The maximum atomic E-state index is 13.8. The summed E-state index contributed by atoms with van der Waals surface area (Å²) in [4.78, 5) is 19.9. The summed E-state index contributed by atoms with van der Waals surface area (Å²) in [7, 11) is 1.69. The summed E-state index contributed by atoms with van der Waals surface area (Å²) in [5.74, 6) is 1.08. The molecule has 0 bridgehead atoms. The van der Waals surface area contributed by atoms with E-state index >= 15 is 0 Å². The van der Waals surface area contributed by atoms with Crippen molar-refractivity contribution in [1.82, 2.24) is 19.9 Å². The minimum Gasteiger partial charge on any atom is -0.459 e. The van der Waals surface area contributed by atoms with Crippen molar-refractivity contribution in [1.29, 1.82) is 0 Å². The highest BCUT2D eigenvalue weighted by atomic mass is 19.1. The molecule has 1 fully saturated rings. The van der Waals surface area contributed by atoms with Crippen LogP contribution in [0.3, 0.4) is 0 Å². The topological polar surface area (TPSA) is 75.6 Å². The Labute approximate surface area is 133 Å². The van der Waals surface area contributed by atoms with Gasteiger partial charge in [0.25, 0.3) is 5.91 Å². The number of halogens is 1. The lowest BCUT2D eigenvalue weighted by Crippen LogP contribution is -2.41. The van der Waals surface area contributed by atoms with Crippen molar-refractivity contribution in [3.8, 4) is 0 Å². The lowest BCUT2D eigenvalue weighted by atomic mass is 10.2. The van der Waals surface area contributed by atoms with Crippen LogP contribution >= 0.6 is 0 Å². The normalized spacial score (nSPS) is 21.7. The van der Waals surface area contributed by atoms with Crippen LogP contribution in [0.2, 0.25) is 0 Å². The van der Waals surface area contributed by atoms with Gasteiger partial charge in [-0.15, -0.1) is 0 Å². The number of rotatable bonds is 5. The highest BCUT2D eigenvalue weighted by Gasteiger charge is 2.34. The number of nitrogens with zero attached hydrogens (tertiary/aromatic N) is 4. The number of aromatic nitrogens is 2. The van der Waals surface area contributed by atoms with Crippen molar-refractivity contribution in [3.05, 3.63) is 35.9 Å². The van der Waals surface area contributed by atoms with Crippen LogP contribution in [-0.4, -0.2) is 58.2 Å². The van der Waals surface area contributed by atoms with Crippen molar-refractivity contribution >= 4 is 5.91 Å². The third-order valence-corrected chi connectivity index (χ3v) is 3.95. The maximum absolute atomic E-state index is 13.8. The zero-order valence-electron chi connectivity index (χ0n) is 13.1. The molecule has 0 saturated carbocycles. The molecule has 0 N–H and O–H groups in total. The minimum atomic E-state index is -0.917. The number of furan rings is 1. The van der Waals surface area contributed by atoms with E-state index in [1.54, 1.807) is 31.0 Å². The highest BCUT2D eigenvalue weighted by Crippen LogP contribution is 2.23. The molecule has 2 aromatic heterocycles. The molecule has 1 aliphatic rings. The molecule has 0 unspecified atom stereocenters. The van der Waals surface area contributed by atoms with Crippen molar-refractivity contribution in [2.45, 2.75) is 32.1 Å². The molecule has 0 spiro atoms. The first-order chi connectivity index (χ1) is 11.0. The van der Waals surface area contributed by atoms with Crippen molar-refractivity contribution in [3.63, 3.8) is 0 Å². The Hall–Kier alpha value is -2.22. The molecule has 2 atom stereocenters. The highest BCUT2D eigenvalue weighted by molar-refractivity contribution is 5.91. The first kappa shape index (κ1) is 15.7. The number of carbonyl (C=O) groups is 1. The fourth-order valence-electron chi connectivity index (χ4n) is 2.88. The Kier molecular flexibility index (Phi) is 4.42. The summed E-state index contributed by atoms with van der Waals surface area (Å²) in [5, 5.41) is 3.85. The van der Waals surface area contributed by atoms with E-state index in [2.05, 4.69) is 10.1 Å². The molecule has 1 aliphatic heterocycles. The Balaban J connectivity index is 1.63. The van der Waals surface area contributed by atoms with Crippen molar-refractivity contribution in [2.24, 2.45) is 0 Å². The Morgan fingerprint density at radius 2 is 2.39 bits per heavy atom. The second kappa shape index (κ2) is 6.49. The van der Waals surface area contributed by atoms with Gasteiger partial charge in [0.2, 0.25) is 5.89 Å². The number of likely N-dealkylation sites (N-methyl/N-ethyl adjacent to an activating group) is 1. The average molecular weight is 322 g/mol. The minimum absolute atomic E-state index is 0.0901. The predicted molar refractivity (Wildman–Crippen MR) is 78.4 cm³/mol. The van der Waals surface area contributed by atoms with Crippen LogP contribution in [0.25, 0.3) is 0 Å². The van der Waals surface area contributed by atoms with Gasteiger partial charge in [0.05, 0.1) is 12.8 Å². The molecule has 2 aromatic rings. The van der Waals surface area contributed by atoms with Gasteiger partial charge in [0.1, 0.15) is 6.17 Å². The lowest BCUT2D eigenvalue weighted by molar-refractivity contribution is 0.0717. The molecule has 0 aromatic carbocycles. The molecular weight excluding hydrogens is 303 g/mol. The number of alkyl halides is 1. The second-order valence-electron chi connectivity index (χ2n) is 5.81. The van der Waals surface area contributed by atoms with Crippen LogP contribution in [0.1, 0.15) is 28.7 Å². The standard InChI is InChI=1S/C15H19FN4O3/c1-10-17-14(18-23-10)9-20-7-11(16)6-12(20)8-19(2)15(21)13-4-3-5-22-13/h3-5,11-12H,6-9H2,1-2H3/t11-,12-/m0/s1. The van der Waals surface area contributed by atoms with Gasteiger partial charge in [-0.05, 0) is 18.6 Å². The molecular formula is C15H19FN4O3. The fourth-order valence-corrected chi connectivity index (χ4v) is 2.88. The van der Waals surface area contributed by atoms with Gasteiger partial charge in [0, 0.05) is 33.1 Å². The zero-order valence-corrected chi connectivity index (χ0v) is 13.1. The van der Waals surface area contributed by atoms with E-state index in [1.807, 2.05) is 4.90 Å². The molecule has 23 heavy (non-hydrogen) atoms. The van der Waals surface area contributed by atoms with Gasteiger partial charge in [-0.2, -0.15) is 4.98 Å². The smallest absolute Gasteiger partial charge is 0.289 e. The zero-order chi connectivity index (χ0) is 16.4. The molecule has 0 aliphatic carbocycles. The monoisotopic (exact) mass is 322 g/mol. The van der Waals surface area contributed by atoms with E-state index in [0.717, 1.165) is 0 Å². The predicted octanol–water partition coefficient (Wildman–Crippen LogP) is 1.66. The summed E-state index contributed by atoms with van der Waals surface area (Å²) in [5.41, 5.74) is 0. The average Bonchev–Trinajstić information content (AvgIpc) is 3.22. The summed E-state index contributed by atoms with van der Waals surface area (Å²) < 4.78 is 23.9. The Morgan fingerprint density at radius 3 is 3.04 bits per heavy atom. The van der Waals surface area contributed by atoms with Gasteiger partial charge in [-0.3, -0.25) is 9.69 Å². The Bertz CT molecular complexity index is 657. The fraction of sp³-hybridized carbons (Fsp3) is 0.533. The van der Waals surface area contributed by atoms with E-state index in [1.165, 1.54) is 6.26 Å². The first-order valence-electron chi connectivity index (χ1n) is 7.49. The van der Waals surface area contributed by atoms with E-state index in [9.17, 15) is 9.18 Å². The number of amides is 1. The number of hydrogen-bond donors (Lipinski definition) is 0.